The highest BCUT2D eigenvalue weighted by Gasteiger charge is 2.31. The van der Waals surface area contributed by atoms with Crippen molar-refractivity contribution in [2.45, 2.75) is 70.0 Å². The molecule has 4 nitrogen and oxygen atoms in total. The summed E-state index contributed by atoms with van der Waals surface area (Å²) in [6.07, 6.45) is 8.68. The first-order valence-electron chi connectivity index (χ1n) is 7.48. The third-order valence-electron chi connectivity index (χ3n) is 4.23. The molecular weight excluding hydrogens is 226 g/mol. The lowest BCUT2D eigenvalue weighted by molar-refractivity contribution is -0.127. The van der Waals surface area contributed by atoms with E-state index < -0.39 is 0 Å². The van der Waals surface area contributed by atoms with E-state index in [1.807, 2.05) is 6.92 Å². The van der Waals surface area contributed by atoms with Gasteiger partial charge in [0.2, 0.25) is 5.91 Å². The molecule has 2 fully saturated rings. The van der Waals surface area contributed by atoms with Crippen molar-refractivity contribution >= 4 is 5.91 Å². The molecule has 3 N–H and O–H groups in total. The maximum atomic E-state index is 12.2. The van der Waals surface area contributed by atoms with Gasteiger partial charge in [0, 0.05) is 25.2 Å². The smallest absolute Gasteiger partial charge is 0.237 e. The van der Waals surface area contributed by atoms with Crippen LogP contribution in [-0.2, 0) is 4.79 Å². The molecule has 2 saturated carbocycles. The molecule has 0 bridgehead atoms. The second-order valence-corrected chi connectivity index (χ2v) is 5.78. The van der Waals surface area contributed by atoms with Crippen molar-refractivity contribution in [3.8, 4) is 0 Å². The molecule has 0 aromatic carbocycles. The van der Waals surface area contributed by atoms with Crippen molar-refractivity contribution in [3.63, 3.8) is 0 Å². The van der Waals surface area contributed by atoms with Gasteiger partial charge >= 0.3 is 0 Å². The third-order valence-corrected chi connectivity index (χ3v) is 4.23. The van der Waals surface area contributed by atoms with Crippen LogP contribution < -0.4 is 11.1 Å². The fourth-order valence-electron chi connectivity index (χ4n) is 2.95. The summed E-state index contributed by atoms with van der Waals surface area (Å²) in [6, 6.07) is 0.977. The lowest BCUT2D eigenvalue weighted by atomic mass is 9.93. The molecule has 104 valence electrons. The van der Waals surface area contributed by atoms with Gasteiger partial charge in [-0.15, -0.1) is 0 Å². The van der Waals surface area contributed by atoms with Gasteiger partial charge < -0.3 is 11.1 Å². The highest BCUT2D eigenvalue weighted by atomic mass is 16.2. The van der Waals surface area contributed by atoms with Gasteiger partial charge in [-0.3, -0.25) is 9.69 Å². The largest absolute Gasteiger partial charge is 0.352 e. The maximum Gasteiger partial charge on any atom is 0.237 e. The Morgan fingerprint density at radius 3 is 2.50 bits per heavy atom. The third kappa shape index (κ3) is 3.69. The van der Waals surface area contributed by atoms with Crippen LogP contribution in [0.3, 0.4) is 0 Å². The summed E-state index contributed by atoms with van der Waals surface area (Å²) in [5.41, 5.74) is 5.71. The summed E-state index contributed by atoms with van der Waals surface area (Å²) in [6.45, 7) is 3.50. The van der Waals surface area contributed by atoms with E-state index in [1.165, 1.54) is 32.1 Å². The minimum Gasteiger partial charge on any atom is -0.352 e. The number of nitrogens with two attached hydrogens (primary N) is 1. The van der Waals surface area contributed by atoms with Crippen LogP contribution in [0.2, 0.25) is 0 Å². The van der Waals surface area contributed by atoms with E-state index in [-0.39, 0.29) is 11.9 Å². The van der Waals surface area contributed by atoms with Crippen molar-refractivity contribution in [1.82, 2.24) is 10.2 Å². The quantitative estimate of drug-likeness (QED) is 0.749. The Bertz CT molecular complexity index is 272. The minimum absolute atomic E-state index is 0.0303. The molecule has 2 aliphatic carbocycles. The number of rotatable bonds is 6. The van der Waals surface area contributed by atoms with Crippen LogP contribution in [0.15, 0.2) is 0 Å². The van der Waals surface area contributed by atoms with Crippen LogP contribution in [0.5, 0.6) is 0 Å². The molecule has 0 aromatic heterocycles. The lowest BCUT2D eigenvalue weighted by Gasteiger charge is -2.37. The summed E-state index contributed by atoms with van der Waals surface area (Å²) in [4.78, 5) is 14.5. The maximum absolute atomic E-state index is 12.2. The van der Waals surface area contributed by atoms with Crippen LogP contribution in [0.4, 0.5) is 0 Å². The van der Waals surface area contributed by atoms with E-state index in [2.05, 4.69) is 10.2 Å². The van der Waals surface area contributed by atoms with Crippen LogP contribution in [0.25, 0.3) is 0 Å². The number of carbonyl (C=O) groups is 1. The number of nitrogens with one attached hydrogen (secondary N) is 1. The van der Waals surface area contributed by atoms with Crippen LogP contribution in [-0.4, -0.2) is 42.0 Å². The summed E-state index contributed by atoms with van der Waals surface area (Å²) in [5.74, 6) is 0.191. The Labute approximate surface area is 110 Å². The first-order chi connectivity index (χ1) is 8.72. The molecule has 0 aromatic rings. The second-order valence-electron chi connectivity index (χ2n) is 5.78. The molecule has 0 spiro atoms. The molecule has 0 aliphatic heterocycles. The molecule has 1 amide bonds. The highest BCUT2D eigenvalue weighted by molar-refractivity contribution is 5.81. The monoisotopic (exact) mass is 253 g/mol. The zero-order valence-corrected chi connectivity index (χ0v) is 11.5. The van der Waals surface area contributed by atoms with Crippen molar-refractivity contribution in [3.05, 3.63) is 0 Å². The van der Waals surface area contributed by atoms with Crippen molar-refractivity contribution < 1.29 is 4.79 Å². The van der Waals surface area contributed by atoms with E-state index >= 15 is 0 Å². The molecule has 1 unspecified atom stereocenters. The average Bonchev–Trinajstić information content (AvgIpc) is 3.20. The summed E-state index contributed by atoms with van der Waals surface area (Å²) < 4.78 is 0. The zero-order chi connectivity index (χ0) is 13.0. The Morgan fingerprint density at radius 2 is 1.94 bits per heavy atom. The van der Waals surface area contributed by atoms with Gasteiger partial charge in [0.15, 0.2) is 0 Å². The molecule has 0 radical (unpaired) electrons. The number of hydrogen-bond acceptors (Lipinski definition) is 3. The van der Waals surface area contributed by atoms with E-state index in [4.69, 9.17) is 5.73 Å². The van der Waals surface area contributed by atoms with E-state index in [1.54, 1.807) is 0 Å². The Kier molecular flexibility index (Phi) is 5.01. The molecule has 2 aliphatic rings. The van der Waals surface area contributed by atoms with Crippen molar-refractivity contribution in [1.29, 1.82) is 0 Å². The first kappa shape index (κ1) is 13.8. The van der Waals surface area contributed by atoms with Gasteiger partial charge in [0.05, 0.1) is 6.04 Å². The van der Waals surface area contributed by atoms with Crippen LogP contribution in [0, 0.1) is 0 Å². The second kappa shape index (κ2) is 6.53. The van der Waals surface area contributed by atoms with E-state index in [0.717, 1.165) is 19.4 Å². The molecule has 18 heavy (non-hydrogen) atoms. The highest BCUT2D eigenvalue weighted by Crippen LogP contribution is 2.25. The Balaban J connectivity index is 1.90. The topological polar surface area (TPSA) is 58.4 Å². The Morgan fingerprint density at radius 1 is 1.28 bits per heavy atom. The summed E-state index contributed by atoms with van der Waals surface area (Å²) in [7, 11) is 0. The van der Waals surface area contributed by atoms with Gasteiger partial charge in [-0.2, -0.15) is 0 Å². The Hall–Kier alpha value is -0.610. The predicted octanol–water partition coefficient (Wildman–Crippen LogP) is 1.25. The molecule has 4 heteroatoms. The van der Waals surface area contributed by atoms with E-state index in [9.17, 15) is 4.79 Å². The number of hydrogen-bond donors (Lipinski definition) is 2. The lowest BCUT2D eigenvalue weighted by Crippen LogP contribution is -2.52. The van der Waals surface area contributed by atoms with Gasteiger partial charge in [0.1, 0.15) is 0 Å². The SMILES string of the molecule is CC(C(=O)NC1CC1)N(CCN)C1CCCCC1. The van der Waals surface area contributed by atoms with Crippen molar-refractivity contribution in [2.24, 2.45) is 5.73 Å². The van der Waals surface area contributed by atoms with Crippen LogP contribution >= 0.6 is 0 Å². The van der Waals surface area contributed by atoms with E-state index in [0.29, 0.717) is 18.6 Å². The molecule has 0 saturated heterocycles. The fourth-order valence-corrected chi connectivity index (χ4v) is 2.95. The van der Waals surface area contributed by atoms with Gasteiger partial charge in [-0.25, -0.2) is 0 Å². The van der Waals surface area contributed by atoms with Gasteiger partial charge in [0.25, 0.3) is 0 Å². The van der Waals surface area contributed by atoms with Gasteiger partial charge in [-0.05, 0) is 32.6 Å². The number of amides is 1. The average molecular weight is 253 g/mol. The van der Waals surface area contributed by atoms with Crippen molar-refractivity contribution in [2.75, 3.05) is 13.1 Å². The molecule has 2 rings (SSSR count). The normalized spacial score (nSPS) is 23.1. The standard InChI is InChI=1S/C14H27N3O/c1-11(14(18)16-12-7-8-12)17(10-9-15)13-5-3-2-4-6-13/h11-13H,2-10,15H2,1H3,(H,16,18). The number of carbonyl (C=O) groups excluding carboxylic acids is 1. The molecule has 1 atom stereocenters. The minimum atomic E-state index is -0.0303. The first-order valence-corrected chi connectivity index (χ1v) is 7.48. The van der Waals surface area contributed by atoms with Crippen LogP contribution in [0.1, 0.15) is 51.9 Å². The number of nitrogens with zero attached hydrogens (tertiary/aromatic N) is 1. The van der Waals surface area contributed by atoms with Gasteiger partial charge in [-0.1, -0.05) is 19.3 Å². The molecule has 0 heterocycles. The zero-order valence-electron chi connectivity index (χ0n) is 11.5. The summed E-state index contributed by atoms with van der Waals surface area (Å²) in [5, 5.41) is 3.11. The fraction of sp³-hybridized carbons (Fsp3) is 0.929. The molecular formula is C14H27N3O. The summed E-state index contributed by atoms with van der Waals surface area (Å²) >= 11 is 0. The predicted molar refractivity (Wildman–Crippen MR) is 73.3 cm³/mol.